The van der Waals surface area contributed by atoms with Crippen LogP contribution in [-0.2, 0) is 5.54 Å². The van der Waals surface area contributed by atoms with E-state index in [2.05, 4.69) is 285 Å². The molecule has 0 aliphatic carbocycles. The summed E-state index contributed by atoms with van der Waals surface area (Å²) >= 11 is 3.60. The molecule has 1 aliphatic heterocycles. The number of benzene rings is 8. The number of nitrogens with one attached hydrogen (secondary N) is 3. The minimum atomic E-state index is -0.219. The van der Waals surface area contributed by atoms with Crippen molar-refractivity contribution in [1.29, 1.82) is 0 Å². The standard InChI is InChI=1S/2C11H10.C10H9NO.2C10H9N.C9H9N3O.C6H11N3.C4H6N2.C4H5NO.C4H9NS.C4H5NS.11C2H6/c1-9-5-4-7-10-6-2-3-8-11(9)10;1-9-6-7-10-4-2-3-5-11(10)8-9;1-8-2-4-9(5-3-8)10-6-11-12-7-10;1-8-4-2-5-9-6-3-7-11-10(8)9;1-8-4-5-9-3-2-6-11-10(9)7-8;1-7-2-4-8(5-3-7)12-6-10-11-9(12)13;1-6(2,3)9-5-7-4-8-9;1-4-2-5-3-6-4;1-4-2-3-5-6-4;2*1-4-2-6-3-5-4;11*1-2/h2*2-8H,1H3;2-7H,1H3;2*2-7H,1H3;2-6H,1H3,(H,11,13);4-5H,1-3H3;2-3H,1H3,(H,5,6);2-3H,1H3;4-5H,2-3H2,1H3;2-3H,1H3;11*1-2H3. The first-order valence-corrected chi connectivity index (χ1v) is 46.4. The van der Waals surface area contributed by atoms with E-state index in [0.717, 1.165) is 56.9 Å². The second kappa shape index (κ2) is 81.4. The number of thiazole rings is 1. The van der Waals surface area contributed by atoms with Crippen LogP contribution in [0.5, 0.6) is 0 Å². The summed E-state index contributed by atoms with van der Waals surface area (Å²) in [5.74, 6) is 3.30. The predicted molar refractivity (Wildman–Crippen MR) is 547 cm³/mol. The zero-order valence-electron chi connectivity index (χ0n) is 82.4. The lowest BCUT2D eigenvalue weighted by molar-refractivity contribution is 0.354. The Labute approximate surface area is 757 Å². The average Bonchev–Trinajstić information content (AvgIpc) is 1.79. The fourth-order valence-electron chi connectivity index (χ4n) is 9.29. The Hall–Kier alpha value is -11.3. The van der Waals surface area contributed by atoms with Crippen LogP contribution in [0.15, 0.2) is 287 Å². The molecule has 1 aliphatic rings. The maximum Gasteiger partial charge on any atom is 0.347 e. The van der Waals surface area contributed by atoms with Gasteiger partial charge in [0.1, 0.15) is 31.0 Å². The number of pyridine rings is 2. The van der Waals surface area contributed by atoms with Crippen molar-refractivity contribution in [3.8, 4) is 16.8 Å². The van der Waals surface area contributed by atoms with Crippen LogP contribution in [0.2, 0.25) is 0 Å². The van der Waals surface area contributed by atoms with Crippen molar-refractivity contribution in [2.75, 3.05) is 11.6 Å². The van der Waals surface area contributed by atoms with Gasteiger partial charge in [0.25, 0.3) is 0 Å². The second-order valence-electron chi connectivity index (χ2n) is 24.8. The van der Waals surface area contributed by atoms with E-state index in [-0.39, 0.29) is 11.2 Å². The van der Waals surface area contributed by atoms with Crippen molar-refractivity contribution in [3.05, 3.63) is 335 Å². The third-order valence-electron chi connectivity index (χ3n) is 15.0. The van der Waals surface area contributed by atoms with E-state index >= 15 is 0 Å². The van der Waals surface area contributed by atoms with E-state index in [1.54, 1.807) is 61.2 Å². The Bertz CT molecular complexity index is 4700. The molecular formula is C105H158N14O3S2. The van der Waals surface area contributed by atoms with Crippen LogP contribution in [0, 0.1) is 62.3 Å². The molecule has 0 amide bonds. The molecule has 1 unspecified atom stereocenters. The Kier molecular flexibility index (Phi) is 79.6. The molecule has 1 saturated heterocycles. The normalized spacial score (nSPS) is 10.0. The van der Waals surface area contributed by atoms with Crippen LogP contribution < -0.4 is 11.0 Å². The van der Waals surface area contributed by atoms with Gasteiger partial charge in [-0.25, -0.2) is 29.1 Å². The molecule has 0 bridgehead atoms. The largest absolute Gasteiger partial charge is 0.364 e. The smallest absolute Gasteiger partial charge is 0.347 e. The monoisotopic (exact) mass is 1730 g/mol. The van der Waals surface area contributed by atoms with E-state index in [9.17, 15) is 4.79 Å². The topological polar surface area (TPSA) is 213 Å². The highest BCUT2D eigenvalue weighted by molar-refractivity contribution is 7.99. The van der Waals surface area contributed by atoms with Gasteiger partial charge in [-0.1, -0.05) is 343 Å². The van der Waals surface area contributed by atoms with E-state index in [1.807, 2.05) is 256 Å². The van der Waals surface area contributed by atoms with Crippen molar-refractivity contribution in [3.63, 3.8) is 0 Å². The molecule has 16 aromatic rings. The number of para-hydroxylation sites is 1. The second-order valence-corrected chi connectivity index (χ2v) is 26.5. The number of hydrogen-bond donors (Lipinski definition) is 3. The first kappa shape index (κ1) is 121. The van der Waals surface area contributed by atoms with Crippen LogP contribution in [0.1, 0.15) is 231 Å². The molecule has 3 N–H and O–H groups in total. The summed E-state index contributed by atoms with van der Waals surface area (Å²) < 4.78 is 12.6. The van der Waals surface area contributed by atoms with Gasteiger partial charge >= 0.3 is 5.69 Å². The number of H-pyrrole nitrogens is 2. The molecular weight excluding hydrogens is 1570 g/mol. The highest BCUT2D eigenvalue weighted by Gasteiger charge is 2.12. The quantitative estimate of drug-likeness (QED) is 0.147. The van der Waals surface area contributed by atoms with Crippen LogP contribution >= 0.6 is 23.1 Å². The number of thioether (sulfide) groups is 1. The van der Waals surface area contributed by atoms with E-state index in [4.69, 9.17) is 4.52 Å². The SMILES string of the molecule is CC.CC.CC.CC.CC.CC.CC.CC.CC.CC.CC.CC(C)(C)n1cncn1.CC1CSCN1.Cc1ccc(-c2cnoc2)cc1.Cc1ccc(-n2cn[nH]c2=O)cc1.Cc1ccc2ccccc2c1.Cc1ccc2cccnc2c1.Cc1cccc2ccccc12.Cc1cccc2cccnc12.Cc1ccno1.Cc1cnc[nH]1.Cc1cscn1. The number of imidazole rings is 1. The Morgan fingerprint density at radius 3 is 1.41 bits per heavy atom. The lowest BCUT2D eigenvalue weighted by Gasteiger charge is -2.17. The molecule has 8 aromatic heterocycles. The van der Waals surface area contributed by atoms with Crippen molar-refractivity contribution < 1.29 is 9.05 Å². The van der Waals surface area contributed by atoms with Crippen molar-refractivity contribution in [2.24, 2.45) is 0 Å². The fourth-order valence-corrected chi connectivity index (χ4v) is 10.8. The van der Waals surface area contributed by atoms with Crippen LogP contribution in [0.25, 0.3) is 60.2 Å². The van der Waals surface area contributed by atoms with Crippen LogP contribution in [0.4, 0.5) is 0 Å². The molecule has 1 fully saturated rings. The van der Waals surface area contributed by atoms with Gasteiger partial charge in [0.05, 0.1) is 46.5 Å². The lowest BCUT2D eigenvalue weighted by atomic mass is 10.1. The van der Waals surface area contributed by atoms with Gasteiger partial charge in [0.2, 0.25) is 0 Å². The average molecular weight is 1730 g/mol. The van der Waals surface area contributed by atoms with E-state index in [1.165, 1.54) is 82.3 Å². The molecule has 8 aromatic carbocycles. The molecule has 17 nitrogen and oxygen atoms in total. The van der Waals surface area contributed by atoms with E-state index < -0.39 is 0 Å². The number of aryl methyl sites for hydroxylation is 9. The van der Waals surface area contributed by atoms with Crippen LogP contribution in [0.3, 0.4) is 0 Å². The van der Waals surface area contributed by atoms with Gasteiger partial charge in [-0.3, -0.25) is 15.0 Å². The third-order valence-corrected chi connectivity index (χ3v) is 16.8. The number of nitrogens with zero attached hydrogens (tertiary/aromatic N) is 11. The van der Waals surface area contributed by atoms with Gasteiger partial charge in [0, 0.05) is 75.4 Å². The summed E-state index contributed by atoms with van der Waals surface area (Å²) in [5, 5.41) is 30.1. The lowest BCUT2D eigenvalue weighted by Crippen LogP contribution is -2.21. The zero-order valence-corrected chi connectivity index (χ0v) is 84.1. The summed E-state index contributed by atoms with van der Waals surface area (Å²) in [6.07, 6.45) is 16.8. The van der Waals surface area contributed by atoms with Crippen molar-refractivity contribution in [2.45, 2.75) is 254 Å². The summed E-state index contributed by atoms with van der Waals surface area (Å²) in [6, 6.07) is 68.8. The van der Waals surface area contributed by atoms with Gasteiger partial charge in [0.15, 0.2) is 0 Å². The molecule has 9 heterocycles. The highest BCUT2D eigenvalue weighted by atomic mass is 32.2. The maximum absolute atomic E-state index is 11.1. The Morgan fingerprint density at radius 2 is 0.992 bits per heavy atom. The molecule has 0 radical (unpaired) electrons. The van der Waals surface area contributed by atoms with Gasteiger partial charge in [-0.2, -0.15) is 10.2 Å². The molecule has 678 valence electrons. The molecule has 1 atom stereocenters. The minimum absolute atomic E-state index is 0.0660. The maximum atomic E-state index is 11.1. The molecule has 0 saturated carbocycles. The Morgan fingerprint density at radius 1 is 0.468 bits per heavy atom. The predicted octanol–water partition coefficient (Wildman–Crippen LogP) is 31.0. The highest BCUT2D eigenvalue weighted by Crippen LogP contribution is 2.21. The van der Waals surface area contributed by atoms with Gasteiger partial charge in [-0.15, -0.1) is 23.1 Å². The summed E-state index contributed by atoms with van der Waals surface area (Å²) in [4.78, 5) is 34.1. The first-order chi connectivity index (χ1) is 60.3. The number of aromatic nitrogens is 13. The van der Waals surface area contributed by atoms with Crippen LogP contribution in [-0.4, -0.2) is 82.4 Å². The molecule has 0 spiro atoms. The van der Waals surface area contributed by atoms with Gasteiger partial charge < -0.3 is 19.3 Å². The van der Waals surface area contributed by atoms with Crippen molar-refractivity contribution >= 4 is 66.4 Å². The minimum Gasteiger partial charge on any atom is -0.364 e. The number of hydrogen-bond acceptors (Lipinski definition) is 15. The van der Waals surface area contributed by atoms with Crippen molar-refractivity contribution in [1.82, 2.24) is 70.1 Å². The Balaban J connectivity index is -0.000000412. The summed E-state index contributed by atoms with van der Waals surface area (Å²) in [5.41, 5.74) is 16.7. The number of rotatable bonds is 2. The van der Waals surface area contributed by atoms with Gasteiger partial charge in [-0.05, 0) is 164 Å². The number of aromatic amines is 2. The molecule has 19 heteroatoms. The fraction of sp³-hybridized carbons (Fsp3) is 0.371. The summed E-state index contributed by atoms with van der Waals surface area (Å²) in [7, 11) is 0. The summed E-state index contributed by atoms with van der Waals surface area (Å²) in [6.45, 7) is 70.7. The first-order valence-electron chi connectivity index (χ1n) is 44.3. The number of fused-ring (bicyclic) bond motifs is 4. The third kappa shape index (κ3) is 54.3. The molecule has 17 rings (SSSR count). The molecule has 124 heavy (non-hydrogen) atoms. The van der Waals surface area contributed by atoms with E-state index in [0.29, 0.717) is 0 Å². The zero-order chi connectivity index (χ0) is 94.9.